The van der Waals surface area contributed by atoms with Gasteiger partial charge in [-0.05, 0) is 83.6 Å². The van der Waals surface area contributed by atoms with Crippen LogP contribution in [0.5, 0.6) is 0 Å². The maximum atomic E-state index is 12.7. The number of carbonyl (C=O) groups excluding carboxylic acids is 2. The summed E-state index contributed by atoms with van der Waals surface area (Å²) in [5.41, 5.74) is 4.38. The quantitative estimate of drug-likeness (QED) is 0.208. The molecule has 1 heterocycles. The number of carbonyl (C=O) groups is 2. The number of rotatable bonds is 7. The summed E-state index contributed by atoms with van der Waals surface area (Å²) in [7, 11) is 0. The van der Waals surface area contributed by atoms with Crippen molar-refractivity contribution in [1.29, 1.82) is 0 Å². The topological polar surface area (TPSA) is 84.2 Å². The van der Waals surface area contributed by atoms with E-state index < -0.39 is 0 Å². The first-order valence-corrected chi connectivity index (χ1v) is 13.4. The predicted molar refractivity (Wildman–Crippen MR) is 157 cm³/mol. The summed E-state index contributed by atoms with van der Waals surface area (Å²) in [5, 5.41) is 7.97. The standard InChI is InChI=1S/C32H23N3O3S/c36-30(33-25-13-11-22(12-14-25)32-35-28-7-3-4-8-29(28)38-32)20-39-27-17-15-26(16-18-27)34-31(37)24-10-9-21-5-1-2-6-23(21)19-24/h1-19H,20H2,(H,33,36)(H,34,37). The monoisotopic (exact) mass is 529 g/mol. The molecule has 0 saturated heterocycles. The second-order valence-electron chi connectivity index (χ2n) is 8.94. The summed E-state index contributed by atoms with van der Waals surface area (Å²) in [6.45, 7) is 0. The summed E-state index contributed by atoms with van der Waals surface area (Å²) in [6.07, 6.45) is 0. The summed E-state index contributed by atoms with van der Waals surface area (Å²) in [5.74, 6) is 0.530. The molecule has 0 spiro atoms. The lowest BCUT2D eigenvalue weighted by molar-refractivity contribution is -0.113. The zero-order valence-electron chi connectivity index (χ0n) is 20.8. The van der Waals surface area contributed by atoms with Crippen LogP contribution in [0.3, 0.4) is 0 Å². The Hall–Kier alpha value is -4.88. The highest BCUT2D eigenvalue weighted by Crippen LogP contribution is 2.26. The van der Waals surface area contributed by atoms with Gasteiger partial charge in [0.15, 0.2) is 5.58 Å². The van der Waals surface area contributed by atoms with Crippen LogP contribution in [0.2, 0.25) is 0 Å². The number of fused-ring (bicyclic) bond motifs is 2. The predicted octanol–water partition coefficient (Wildman–Crippen LogP) is 7.63. The summed E-state index contributed by atoms with van der Waals surface area (Å²) >= 11 is 1.43. The molecule has 0 bridgehead atoms. The molecule has 2 amide bonds. The van der Waals surface area contributed by atoms with Gasteiger partial charge >= 0.3 is 0 Å². The van der Waals surface area contributed by atoms with E-state index in [-0.39, 0.29) is 17.6 Å². The number of benzene rings is 5. The third-order valence-electron chi connectivity index (χ3n) is 6.20. The minimum atomic E-state index is -0.164. The first-order valence-electron chi connectivity index (χ1n) is 12.4. The number of hydrogen-bond donors (Lipinski definition) is 2. The molecule has 0 aliphatic heterocycles. The fraction of sp³-hybridized carbons (Fsp3) is 0.0312. The van der Waals surface area contributed by atoms with Crippen molar-refractivity contribution in [2.75, 3.05) is 16.4 Å². The second kappa shape index (κ2) is 10.8. The average Bonchev–Trinajstić information content (AvgIpc) is 3.41. The number of oxazole rings is 1. The number of anilines is 2. The summed E-state index contributed by atoms with van der Waals surface area (Å²) in [4.78, 5) is 30.6. The Morgan fingerprint density at radius 2 is 1.41 bits per heavy atom. The summed E-state index contributed by atoms with van der Waals surface area (Å²) < 4.78 is 5.81. The van der Waals surface area contributed by atoms with Crippen molar-refractivity contribution in [2.45, 2.75) is 4.90 Å². The number of aromatic nitrogens is 1. The Bertz CT molecular complexity index is 1760. The van der Waals surface area contributed by atoms with E-state index >= 15 is 0 Å². The Morgan fingerprint density at radius 3 is 2.21 bits per heavy atom. The van der Waals surface area contributed by atoms with Gasteiger partial charge in [0.05, 0.1) is 5.75 Å². The number of amides is 2. The highest BCUT2D eigenvalue weighted by atomic mass is 32.2. The Balaban J connectivity index is 1.01. The number of hydrogen-bond acceptors (Lipinski definition) is 5. The van der Waals surface area contributed by atoms with Gasteiger partial charge in [-0.1, -0.05) is 42.5 Å². The average molecular weight is 530 g/mol. The first-order chi connectivity index (χ1) is 19.1. The Labute approximate surface area is 229 Å². The van der Waals surface area contributed by atoms with E-state index in [4.69, 9.17) is 4.42 Å². The number of para-hydroxylation sites is 2. The largest absolute Gasteiger partial charge is 0.436 e. The SMILES string of the molecule is O=C(CSc1ccc(NC(=O)c2ccc3ccccc3c2)cc1)Nc1ccc(-c2nc3ccccc3o2)cc1. The minimum absolute atomic E-state index is 0.108. The highest BCUT2D eigenvalue weighted by molar-refractivity contribution is 8.00. The van der Waals surface area contributed by atoms with Crippen LogP contribution in [-0.2, 0) is 4.79 Å². The molecule has 0 saturated carbocycles. The van der Waals surface area contributed by atoms with E-state index in [0.29, 0.717) is 22.8 Å². The maximum Gasteiger partial charge on any atom is 0.255 e. The highest BCUT2D eigenvalue weighted by Gasteiger charge is 2.10. The van der Waals surface area contributed by atoms with Crippen LogP contribution >= 0.6 is 11.8 Å². The summed E-state index contributed by atoms with van der Waals surface area (Å²) in [6, 6.07) is 36.1. The second-order valence-corrected chi connectivity index (χ2v) is 9.99. The number of nitrogens with one attached hydrogen (secondary N) is 2. The van der Waals surface area contributed by atoms with Crippen LogP contribution in [0.15, 0.2) is 125 Å². The van der Waals surface area contributed by atoms with Crippen LogP contribution in [-0.4, -0.2) is 22.6 Å². The van der Waals surface area contributed by atoms with Crippen molar-refractivity contribution in [3.63, 3.8) is 0 Å². The van der Waals surface area contributed by atoms with Crippen LogP contribution in [0.1, 0.15) is 10.4 Å². The van der Waals surface area contributed by atoms with E-state index in [0.717, 1.165) is 32.3 Å². The Kier molecular flexibility index (Phi) is 6.80. The zero-order valence-corrected chi connectivity index (χ0v) is 21.6. The van der Waals surface area contributed by atoms with Gasteiger partial charge in [-0.2, -0.15) is 0 Å². The molecule has 7 heteroatoms. The lowest BCUT2D eigenvalue weighted by Crippen LogP contribution is -2.14. The third-order valence-corrected chi connectivity index (χ3v) is 7.22. The van der Waals surface area contributed by atoms with Crippen molar-refractivity contribution < 1.29 is 14.0 Å². The van der Waals surface area contributed by atoms with Gasteiger partial charge in [0, 0.05) is 27.4 Å². The van der Waals surface area contributed by atoms with Gasteiger partial charge in [0.25, 0.3) is 5.91 Å². The van der Waals surface area contributed by atoms with Crippen molar-refractivity contribution in [2.24, 2.45) is 0 Å². The smallest absolute Gasteiger partial charge is 0.255 e. The number of thioether (sulfide) groups is 1. The molecule has 190 valence electrons. The molecular formula is C32H23N3O3S. The third kappa shape index (κ3) is 5.68. The molecule has 6 aromatic rings. The van der Waals surface area contributed by atoms with Gasteiger partial charge in [-0.3, -0.25) is 9.59 Å². The molecular weight excluding hydrogens is 506 g/mol. The molecule has 0 unspecified atom stereocenters. The molecule has 0 radical (unpaired) electrons. The minimum Gasteiger partial charge on any atom is -0.436 e. The molecule has 0 aliphatic carbocycles. The molecule has 6 rings (SSSR count). The van der Waals surface area contributed by atoms with Crippen molar-refractivity contribution in [3.05, 3.63) is 121 Å². The van der Waals surface area contributed by atoms with Crippen LogP contribution in [0.25, 0.3) is 33.3 Å². The fourth-order valence-corrected chi connectivity index (χ4v) is 4.90. The lowest BCUT2D eigenvalue weighted by Gasteiger charge is -2.08. The molecule has 6 nitrogen and oxygen atoms in total. The maximum absolute atomic E-state index is 12.7. The van der Waals surface area contributed by atoms with Crippen molar-refractivity contribution >= 4 is 56.8 Å². The van der Waals surface area contributed by atoms with Crippen LogP contribution in [0.4, 0.5) is 11.4 Å². The van der Waals surface area contributed by atoms with E-state index in [1.54, 1.807) is 0 Å². The normalized spacial score (nSPS) is 11.0. The van der Waals surface area contributed by atoms with E-state index in [2.05, 4.69) is 15.6 Å². The van der Waals surface area contributed by atoms with Crippen LogP contribution < -0.4 is 10.6 Å². The van der Waals surface area contributed by atoms with Crippen LogP contribution in [0, 0.1) is 0 Å². The van der Waals surface area contributed by atoms with E-state index in [1.807, 2.05) is 115 Å². The van der Waals surface area contributed by atoms with E-state index in [1.165, 1.54) is 11.8 Å². The lowest BCUT2D eigenvalue weighted by atomic mass is 10.1. The molecule has 0 aliphatic rings. The molecule has 1 aromatic heterocycles. The van der Waals surface area contributed by atoms with Gasteiger partial charge in [0.2, 0.25) is 11.8 Å². The van der Waals surface area contributed by atoms with E-state index in [9.17, 15) is 9.59 Å². The molecule has 39 heavy (non-hydrogen) atoms. The molecule has 2 N–H and O–H groups in total. The Morgan fingerprint density at radius 1 is 0.718 bits per heavy atom. The van der Waals surface area contributed by atoms with Gasteiger partial charge in [-0.25, -0.2) is 4.98 Å². The molecule has 5 aromatic carbocycles. The first kappa shape index (κ1) is 24.5. The fourth-order valence-electron chi connectivity index (χ4n) is 4.21. The van der Waals surface area contributed by atoms with Gasteiger partial charge < -0.3 is 15.1 Å². The van der Waals surface area contributed by atoms with Crippen molar-refractivity contribution in [3.8, 4) is 11.5 Å². The molecule has 0 atom stereocenters. The van der Waals surface area contributed by atoms with Crippen molar-refractivity contribution in [1.82, 2.24) is 4.98 Å². The van der Waals surface area contributed by atoms with Gasteiger partial charge in [0.1, 0.15) is 5.52 Å². The van der Waals surface area contributed by atoms with Gasteiger partial charge in [-0.15, -0.1) is 11.8 Å². The molecule has 0 fully saturated rings. The zero-order chi connectivity index (χ0) is 26.6. The number of nitrogens with zero attached hydrogens (tertiary/aromatic N) is 1.